The number of nitrogens with one attached hydrogen (secondary N) is 1. The van der Waals surface area contributed by atoms with E-state index in [1.54, 1.807) is 57.1 Å². The number of nitrogens with zero attached hydrogens (tertiary/aromatic N) is 7. The van der Waals surface area contributed by atoms with Gasteiger partial charge in [0.25, 0.3) is 5.91 Å². The number of pyridine rings is 1. The summed E-state index contributed by atoms with van der Waals surface area (Å²) in [5.41, 5.74) is 2.52. The highest BCUT2D eigenvalue weighted by atomic mass is 19.4. The first-order valence-electron chi connectivity index (χ1n) is 16.6. The number of para-hydroxylation sites is 1. The molecule has 270 valence electrons. The third kappa shape index (κ3) is 7.13. The molecule has 0 atom stereocenters. The van der Waals surface area contributed by atoms with E-state index in [9.17, 15) is 22.8 Å². The Morgan fingerprint density at radius 1 is 0.923 bits per heavy atom. The second-order valence-electron chi connectivity index (χ2n) is 12.4. The van der Waals surface area contributed by atoms with Crippen molar-refractivity contribution < 1.29 is 36.6 Å². The van der Waals surface area contributed by atoms with Gasteiger partial charge in [0.05, 0.1) is 25.4 Å². The zero-order chi connectivity index (χ0) is 36.4. The standard InChI is InChI=1S/C36H34F4N8O4/c1-51-29-8-3-2-7-24(29)26-20-25(23-6-5-13-47(22-23)31(49)10-14-48-15-12-42-44-48)32(37)33-27(26)21-28(43-33)35(50)46-18-16-45(17-19-46)34-30(9-4-11-41-34)52-36(38,39)40/h2-4,6-9,11-12,15,20-21,43H,5,10,13-14,16-19,22H2,1H3. The van der Waals surface area contributed by atoms with Gasteiger partial charge >= 0.3 is 6.36 Å². The monoisotopic (exact) mass is 718 g/mol. The fourth-order valence-corrected chi connectivity index (χ4v) is 6.69. The lowest BCUT2D eigenvalue weighted by Gasteiger charge is -2.35. The Labute approximate surface area is 295 Å². The third-order valence-electron chi connectivity index (χ3n) is 9.20. The van der Waals surface area contributed by atoms with Crippen LogP contribution in [0.1, 0.15) is 28.9 Å². The van der Waals surface area contributed by atoms with Crippen LogP contribution in [0.2, 0.25) is 0 Å². The molecule has 2 aliphatic rings. The van der Waals surface area contributed by atoms with Gasteiger partial charge in [-0.05, 0) is 47.9 Å². The minimum atomic E-state index is -4.88. The summed E-state index contributed by atoms with van der Waals surface area (Å²) in [7, 11) is 1.54. The number of piperazine rings is 1. The highest BCUT2D eigenvalue weighted by Gasteiger charge is 2.34. The van der Waals surface area contributed by atoms with E-state index in [0.29, 0.717) is 52.9 Å². The number of ether oxygens (including phenoxy) is 2. The molecule has 0 saturated carbocycles. The second-order valence-corrected chi connectivity index (χ2v) is 12.4. The van der Waals surface area contributed by atoms with E-state index in [-0.39, 0.29) is 62.1 Å². The van der Waals surface area contributed by atoms with Gasteiger partial charge in [0.15, 0.2) is 17.4 Å². The molecule has 2 aromatic carbocycles. The van der Waals surface area contributed by atoms with Gasteiger partial charge in [0.2, 0.25) is 5.91 Å². The number of aromatic nitrogens is 5. The molecule has 0 radical (unpaired) electrons. The topological polar surface area (TPSA) is 122 Å². The van der Waals surface area contributed by atoms with Gasteiger partial charge in [0.1, 0.15) is 11.4 Å². The Bertz CT molecular complexity index is 2120. The molecule has 5 heterocycles. The first-order valence-corrected chi connectivity index (χ1v) is 16.6. The fraction of sp³-hybridized carbons (Fsp3) is 0.306. The summed E-state index contributed by atoms with van der Waals surface area (Å²) < 4.78 is 67.1. The Balaban J connectivity index is 1.17. The number of fused-ring (bicyclic) bond motifs is 1. The number of halogens is 4. The third-order valence-corrected chi connectivity index (χ3v) is 9.20. The van der Waals surface area contributed by atoms with Crippen molar-refractivity contribution in [3.8, 4) is 22.6 Å². The van der Waals surface area contributed by atoms with Crippen LogP contribution < -0.4 is 14.4 Å². The number of carbonyl (C=O) groups is 2. The lowest BCUT2D eigenvalue weighted by molar-refractivity contribution is -0.274. The molecule has 1 fully saturated rings. The Morgan fingerprint density at radius 2 is 1.71 bits per heavy atom. The maximum atomic E-state index is 16.7. The molecule has 5 aromatic rings. The fourth-order valence-electron chi connectivity index (χ4n) is 6.69. The number of methoxy groups -OCH3 is 1. The van der Waals surface area contributed by atoms with Crippen molar-refractivity contribution in [1.82, 2.24) is 34.8 Å². The predicted octanol–water partition coefficient (Wildman–Crippen LogP) is 5.54. The number of rotatable bonds is 9. The quantitative estimate of drug-likeness (QED) is 0.198. The Kier molecular flexibility index (Phi) is 9.53. The van der Waals surface area contributed by atoms with E-state index in [0.717, 1.165) is 0 Å². The molecule has 2 amide bonds. The number of anilines is 1. The molecule has 12 nitrogen and oxygen atoms in total. The molecule has 0 unspecified atom stereocenters. The predicted molar refractivity (Wildman–Crippen MR) is 183 cm³/mol. The normalized spacial score (nSPS) is 15.2. The van der Waals surface area contributed by atoms with E-state index in [2.05, 4.69) is 25.0 Å². The van der Waals surface area contributed by atoms with E-state index >= 15 is 4.39 Å². The first kappa shape index (κ1) is 34.5. The lowest BCUT2D eigenvalue weighted by Crippen LogP contribution is -2.49. The number of benzene rings is 2. The van der Waals surface area contributed by atoms with Gasteiger partial charge in [-0.3, -0.25) is 14.3 Å². The number of aromatic amines is 1. The minimum Gasteiger partial charge on any atom is -0.496 e. The number of hydrogen-bond donors (Lipinski definition) is 1. The summed E-state index contributed by atoms with van der Waals surface area (Å²) in [5.74, 6) is -0.886. The van der Waals surface area contributed by atoms with E-state index in [1.807, 2.05) is 24.3 Å². The van der Waals surface area contributed by atoms with Crippen molar-refractivity contribution in [2.24, 2.45) is 0 Å². The van der Waals surface area contributed by atoms with Gasteiger partial charge in [0, 0.05) is 74.6 Å². The van der Waals surface area contributed by atoms with Crippen LogP contribution in [0.4, 0.5) is 23.4 Å². The van der Waals surface area contributed by atoms with Crippen LogP contribution in [0.15, 0.2) is 73.2 Å². The van der Waals surface area contributed by atoms with Crippen LogP contribution in [-0.2, 0) is 11.3 Å². The molecule has 52 heavy (non-hydrogen) atoms. The number of H-pyrrole nitrogens is 1. The maximum absolute atomic E-state index is 16.7. The average Bonchev–Trinajstić information content (AvgIpc) is 3.85. The number of carbonyl (C=O) groups excluding carboxylic acids is 2. The zero-order valence-electron chi connectivity index (χ0n) is 28.1. The van der Waals surface area contributed by atoms with Crippen LogP contribution >= 0.6 is 0 Å². The number of aryl methyl sites for hydroxylation is 1. The van der Waals surface area contributed by atoms with Crippen molar-refractivity contribution in [1.29, 1.82) is 0 Å². The maximum Gasteiger partial charge on any atom is 0.573 e. The highest BCUT2D eigenvalue weighted by Crippen LogP contribution is 2.40. The van der Waals surface area contributed by atoms with E-state index in [1.165, 1.54) is 18.3 Å². The summed E-state index contributed by atoms with van der Waals surface area (Å²) in [6.45, 7) is 1.82. The molecular weight excluding hydrogens is 684 g/mol. The molecule has 3 aromatic heterocycles. The number of hydrogen-bond acceptors (Lipinski definition) is 8. The van der Waals surface area contributed by atoms with Crippen LogP contribution in [0.3, 0.4) is 0 Å². The first-order chi connectivity index (χ1) is 25.1. The summed E-state index contributed by atoms with van der Waals surface area (Å²) in [5, 5.41) is 8.15. The van der Waals surface area contributed by atoms with Crippen LogP contribution in [-0.4, -0.2) is 99.3 Å². The van der Waals surface area contributed by atoms with Crippen molar-refractivity contribution in [2.45, 2.75) is 25.7 Å². The van der Waals surface area contributed by atoms with Gasteiger partial charge in [-0.25, -0.2) is 9.37 Å². The van der Waals surface area contributed by atoms with Crippen molar-refractivity contribution in [2.75, 3.05) is 51.3 Å². The SMILES string of the molecule is COc1ccccc1-c1cc(C2=CCCN(C(=O)CCn3ccnn3)C2)c(F)c2[nH]c(C(=O)N3CCN(c4ncccc4OC(F)(F)F)CC3)cc12. The average molecular weight is 719 g/mol. The van der Waals surface area contributed by atoms with Gasteiger partial charge in [-0.15, -0.1) is 18.3 Å². The number of amides is 2. The molecule has 0 spiro atoms. The van der Waals surface area contributed by atoms with Gasteiger partial charge < -0.3 is 29.2 Å². The lowest BCUT2D eigenvalue weighted by atomic mass is 9.93. The Morgan fingerprint density at radius 3 is 2.46 bits per heavy atom. The van der Waals surface area contributed by atoms with Crippen LogP contribution in [0.25, 0.3) is 27.6 Å². The highest BCUT2D eigenvalue weighted by molar-refractivity contribution is 6.05. The smallest absolute Gasteiger partial charge is 0.496 e. The molecular formula is C36H34F4N8O4. The zero-order valence-corrected chi connectivity index (χ0v) is 28.1. The van der Waals surface area contributed by atoms with Gasteiger partial charge in [-0.2, -0.15) is 0 Å². The van der Waals surface area contributed by atoms with E-state index < -0.39 is 23.8 Å². The molecule has 16 heteroatoms. The molecule has 2 aliphatic heterocycles. The molecule has 0 aliphatic carbocycles. The summed E-state index contributed by atoms with van der Waals surface area (Å²) in [6, 6.07) is 13.2. The van der Waals surface area contributed by atoms with Gasteiger partial charge in [-0.1, -0.05) is 29.5 Å². The van der Waals surface area contributed by atoms with E-state index in [4.69, 9.17) is 4.74 Å². The largest absolute Gasteiger partial charge is 0.573 e. The minimum absolute atomic E-state index is 0.0288. The molecule has 1 N–H and O–H groups in total. The summed E-state index contributed by atoms with van der Waals surface area (Å²) in [4.78, 5) is 39.0. The second kappa shape index (κ2) is 14.4. The van der Waals surface area contributed by atoms with Crippen molar-refractivity contribution in [3.63, 3.8) is 0 Å². The summed E-state index contributed by atoms with van der Waals surface area (Å²) >= 11 is 0. The molecule has 7 rings (SSSR count). The Hall–Kier alpha value is -5.93. The molecule has 1 saturated heterocycles. The van der Waals surface area contributed by atoms with Crippen molar-refractivity contribution >= 4 is 34.1 Å². The number of alkyl halides is 3. The van der Waals surface area contributed by atoms with Crippen LogP contribution in [0.5, 0.6) is 11.5 Å². The van der Waals surface area contributed by atoms with Crippen LogP contribution in [0, 0.1) is 5.82 Å². The molecule has 0 bridgehead atoms. The summed E-state index contributed by atoms with van der Waals surface area (Å²) in [6.07, 6.45) is 2.40. The van der Waals surface area contributed by atoms with Crippen molar-refractivity contribution in [3.05, 3.63) is 90.3 Å².